The van der Waals surface area contributed by atoms with Crippen LogP contribution < -0.4 is 12.8 Å². The number of carbonyl (C=O) groups excluding carboxylic acids is 1. The molecule has 34 heavy (non-hydrogen) atoms. The number of aryl methyl sites for hydroxylation is 1. The molecular weight excluding hydrogens is 545 g/mol. The summed E-state index contributed by atoms with van der Waals surface area (Å²) in [6.45, 7) is 0.160. The van der Waals surface area contributed by atoms with Crippen LogP contribution in [0.2, 0.25) is 0 Å². The highest BCUT2D eigenvalue weighted by Gasteiger charge is 2.25. The minimum atomic E-state index is -0.0862. The van der Waals surface area contributed by atoms with E-state index in [0.29, 0.717) is 23.1 Å². The molecule has 4 heterocycles. The van der Waals surface area contributed by atoms with Crippen molar-refractivity contribution >= 4 is 51.0 Å². The van der Waals surface area contributed by atoms with Crippen LogP contribution in [0.15, 0.2) is 49.1 Å². The number of ether oxygens (including phenoxy) is 1. The van der Waals surface area contributed by atoms with Gasteiger partial charge in [-0.3, -0.25) is 14.8 Å². The van der Waals surface area contributed by atoms with Gasteiger partial charge in [0, 0.05) is 53.7 Å². The molecule has 0 spiro atoms. The number of fused-ring (bicyclic) bond motifs is 2. The molecule has 0 fully saturated rings. The number of carbonyl (C=O) groups is 1. The van der Waals surface area contributed by atoms with Crippen LogP contribution in [0.1, 0.15) is 17.7 Å². The van der Waals surface area contributed by atoms with E-state index in [1.807, 2.05) is 59.3 Å². The minimum Gasteiger partial charge on any atom is -0.481 e. The number of nitrogens with zero attached hydrogens (tertiary/aromatic N) is 7. The number of pyridine rings is 3. The van der Waals surface area contributed by atoms with E-state index in [1.165, 1.54) is 0 Å². The van der Waals surface area contributed by atoms with Gasteiger partial charge in [0.2, 0.25) is 5.88 Å². The molecule has 0 radical (unpaired) electrons. The summed E-state index contributed by atoms with van der Waals surface area (Å²) in [6, 6.07) is 7.41. The standard InChI is InChI=1S/C24H22IN7O2/c1-31(14-22(33)32(25)17-6-7-21(34-2)28-13-17)24-18-4-3-5-19(18)29-23(30-24)20-10-16-11-26-9-8-15(16)12-27-20/h6-13H,3-5,14H2,1-2H3. The van der Waals surface area contributed by atoms with Gasteiger partial charge < -0.3 is 9.64 Å². The fourth-order valence-corrected chi connectivity index (χ4v) is 4.48. The highest BCUT2D eigenvalue weighted by atomic mass is 127. The van der Waals surface area contributed by atoms with Gasteiger partial charge in [0.05, 0.1) is 48.4 Å². The number of amides is 1. The Bertz CT molecular complexity index is 1360. The predicted molar refractivity (Wildman–Crippen MR) is 138 cm³/mol. The number of methoxy groups -OCH3 is 1. The molecule has 0 aliphatic heterocycles. The fraction of sp³-hybridized carbons (Fsp3) is 0.250. The van der Waals surface area contributed by atoms with Crippen molar-refractivity contribution < 1.29 is 9.53 Å². The molecule has 1 aliphatic rings. The Kier molecular flexibility index (Phi) is 6.22. The normalized spacial score (nSPS) is 12.4. The van der Waals surface area contributed by atoms with Gasteiger partial charge in [-0.05, 0) is 37.5 Å². The molecule has 1 amide bonds. The maximum atomic E-state index is 13.0. The lowest BCUT2D eigenvalue weighted by molar-refractivity contribution is -0.115. The van der Waals surface area contributed by atoms with Gasteiger partial charge in [-0.1, -0.05) is 0 Å². The number of anilines is 2. The summed E-state index contributed by atoms with van der Waals surface area (Å²) in [6.07, 6.45) is 9.80. The number of hydrogen-bond donors (Lipinski definition) is 0. The van der Waals surface area contributed by atoms with E-state index in [2.05, 4.69) is 15.0 Å². The van der Waals surface area contributed by atoms with Gasteiger partial charge in [-0.25, -0.2) is 18.1 Å². The second-order valence-electron chi connectivity index (χ2n) is 8.03. The molecule has 4 aromatic heterocycles. The third-order valence-electron chi connectivity index (χ3n) is 5.77. The monoisotopic (exact) mass is 567 g/mol. The molecule has 0 saturated heterocycles. The summed E-state index contributed by atoms with van der Waals surface area (Å²) in [5.74, 6) is 1.75. The largest absolute Gasteiger partial charge is 0.481 e. The molecule has 4 aromatic rings. The van der Waals surface area contributed by atoms with E-state index in [9.17, 15) is 4.79 Å². The zero-order chi connectivity index (χ0) is 23.7. The summed E-state index contributed by atoms with van der Waals surface area (Å²) in [5.41, 5.74) is 3.50. The molecule has 0 atom stereocenters. The van der Waals surface area contributed by atoms with Crippen LogP contribution in [-0.2, 0) is 17.6 Å². The molecule has 0 bridgehead atoms. The van der Waals surface area contributed by atoms with E-state index in [-0.39, 0.29) is 12.5 Å². The first-order valence-corrected chi connectivity index (χ1v) is 11.8. The number of aromatic nitrogens is 5. The van der Waals surface area contributed by atoms with Gasteiger partial charge in [-0.15, -0.1) is 0 Å². The van der Waals surface area contributed by atoms with E-state index in [4.69, 9.17) is 14.7 Å². The number of halogens is 1. The van der Waals surface area contributed by atoms with E-state index < -0.39 is 0 Å². The lowest BCUT2D eigenvalue weighted by Gasteiger charge is -2.23. The molecule has 0 saturated carbocycles. The Balaban J connectivity index is 1.43. The Morgan fingerprint density at radius 3 is 2.76 bits per heavy atom. The van der Waals surface area contributed by atoms with Crippen molar-refractivity contribution in [3.05, 3.63) is 60.3 Å². The van der Waals surface area contributed by atoms with Crippen LogP contribution in [0, 0.1) is 0 Å². The lowest BCUT2D eigenvalue weighted by Crippen LogP contribution is -2.34. The zero-order valence-electron chi connectivity index (χ0n) is 18.8. The predicted octanol–water partition coefficient (Wildman–Crippen LogP) is 3.80. The van der Waals surface area contributed by atoms with Crippen LogP contribution in [0.25, 0.3) is 22.3 Å². The Morgan fingerprint density at radius 2 is 1.97 bits per heavy atom. The average molecular weight is 567 g/mol. The van der Waals surface area contributed by atoms with Crippen molar-refractivity contribution in [2.75, 3.05) is 28.7 Å². The van der Waals surface area contributed by atoms with Gasteiger partial charge in [-0.2, -0.15) is 0 Å². The summed E-state index contributed by atoms with van der Waals surface area (Å²) in [4.78, 5) is 37.6. The molecule has 172 valence electrons. The number of likely N-dealkylation sites (N-methyl/N-ethyl adjacent to an activating group) is 1. The van der Waals surface area contributed by atoms with Crippen molar-refractivity contribution in [2.24, 2.45) is 0 Å². The molecule has 5 rings (SSSR count). The van der Waals surface area contributed by atoms with Gasteiger partial charge >= 0.3 is 0 Å². The van der Waals surface area contributed by atoms with Crippen LogP contribution in [0.4, 0.5) is 11.5 Å². The molecule has 0 unspecified atom stereocenters. The van der Waals surface area contributed by atoms with Gasteiger partial charge in [0.15, 0.2) is 5.82 Å². The van der Waals surface area contributed by atoms with E-state index in [1.54, 1.807) is 34.7 Å². The summed E-state index contributed by atoms with van der Waals surface area (Å²) in [7, 11) is 3.44. The lowest BCUT2D eigenvalue weighted by atomic mass is 10.2. The molecule has 1 aliphatic carbocycles. The maximum Gasteiger partial charge on any atom is 0.255 e. The van der Waals surface area contributed by atoms with Crippen molar-refractivity contribution in [2.45, 2.75) is 19.3 Å². The SMILES string of the molecule is COc1ccc(N(I)C(=O)CN(C)c2nc(-c3cc4cnccc4cn3)nc3c2CCC3)cn1. The number of hydrogen-bond acceptors (Lipinski definition) is 8. The summed E-state index contributed by atoms with van der Waals surface area (Å²) >= 11 is 2.00. The quantitative estimate of drug-likeness (QED) is 0.257. The van der Waals surface area contributed by atoms with Crippen molar-refractivity contribution in [3.63, 3.8) is 0 Å². The first kappa shape index (κ1) is 22.4. The summed E-state index contributed by atoms with van der Waals surface area (Å²) in [5, 5.41) is 1.99. The molecule has 0 aromatic carbocycles. The topological polar surface area (TPSA) is 97.2 Å². The maximum absolute atomic E-state index is 13.0. The zero-order valence-corrected chi connectivity index (χ0v) is 20.9. The van der Waals surface area contributed by atoms with Crippen molar-refractivity contribution in [3.8, 4) is 17.4 Å². The van der Waals surface area contributed by atoms with Gasteiger partial charge in [0.1, 0.15) is 11.5 Å². The Labute approximate surface area is 210 Å². The van der Waals surface area contributed by atoms with Crippen LogP contribution in [0.3, 0.4) is 0 Å². The second-order valence-corrected chi connectivity index (χ2v) is 9.00. The first-order valence-electron chi connectivity index (χ1n) is 10.8. The highest BCUT2D eigenvalue weighted by Crippen LogP contribution is 2.31. The second kappa shape index (κ2) is 9.45. The third-order valence-corrected chi connectivity index (χ3v) is 6.87. The fourth-order valence-electron chi connectivity index (χ4n) is 4.04. The molecular formula is C24H22IN7O2. The molecule has 10 heteroatoms. The average Bonchev–Trinajstić information content (AvgIpc) is 3.36. The van der Waals surface area contributed by atoms with Gasteiger partial charge in [0.25, 0.3) is 5.91 Å². The van der Waals surface area contributed by atoms with Crippen LogP contribution >= 0.6 is 22.9 Å². The Hall–Kier alpha value is -3.41. The summed E-state index contributed by atoms with van der Waals surface area (Å²) < 4.78 is 6.65. The van der Waals surface area contributed by atoms with E-state index in [0.717, 1.165) is 47.1 Å². The minimum absolute atomic E-state index is 0.0862. The molecule has 0 N–H and O–H groups in total. The van der Waals surface area contributed by atoms with Crippen LogP contribution in [0.5, 0.6) is 5.88 Å². The van der Waals surface area contributed by atoms with Crippen LogP contribution in [-0.4, -0.2) is 51.5 Å². The van der Waals surface area contributed by atoms with E-state index >= 15 is 0 Å². The number of rotatable bonds is 6. The third kappa shape index (κ3) is 4.37. The van der Waals surface area contributed by atoms with Crippen molar-refractivity contribution in [1.82, 2.24) is 24.9 Å². The first-order chi connectivity index (χ1) is 16.5. The highest BCUT2D eigenvalue weighted by molar-refractivity contribution is 14.1. The smallest absolute Gasteiger partial charge is 0.255 e. The van der Waals surface area contributed by atoms with Crippen molar-refractivity contribution in [1.29, 1.82) is 0 Å². The Morgan fingerprint density at radius 1 is 1.09 bits per heavy atom. The molecule has 9 nitrogen and oxygen atoms in total.